The van der Waals surface area contributed by atoms with Gasteiger partial charge < -0.3 is 14.6 Å². The first-order valence-electron chi connectivity index (χ1n) is 8.92. The zero-order chi connectivity index (χ0) is 19.9. The Labute approximate surface area is 163 Å². The van der Waals surface area contributed by atoms with Crippen LogP contribution in [0.1, 0.15) is 11.1 Å². The number of sulfonamides is 1. The second-order valence-electron chi connectivity index (χ2n) is 6.79. The molecule has 2 aromatic carbocycles. The van der Waals surface area contributed by atoms with Gasteiger partial charge in [-0.2, -0.15) is 0 Å². The van der Waals surface area contributed by atoms with Crippen LogP contribution in [0.25, 0.3) is 10.9 Å². The van der Waals surface area contributed by atoms with Crippen molar-refractivity contribution in [2.75, 3.05) is 25.6 Å². The number of carbonyl (C=O) groups excluding carboxylic acids is 1. The van der Waals surface area contributed by atoms with Crippen molar-refractivity contribution in [3.63, 3.8) is 0 Å². The lowest BCUT2D eigenvalue weighted by Crippen LogP contribution is -2.26. The highest BCUT2D eigenvalue weighted by Gasteiger charge is 2.26. The molecule has 0 radical (unpaired) electrons. The average Bonchev–Trinajstić information content (AvgIpc) is 3.21. The molecule has 3 aromatic rings. The summed E-state index contributed by atoms with van der Waals surface area (Å²) in [4.78, 5) is 16.7. The summed E-state index contributed by atoms with van der Waals surface area (Å²) in [5, 5.41) is 1.01. The Balaban J connectivity index is 1.48. The number of carbonyl (C=O) groups is 1. The van der Waals surface area contributed by atoms with Gasteiger partial charge in [-0.25, -0.2) is 13.1 Å². The molecule has 2 heterocycles. The van der Waals surface area contributed by atoms with Crippen LogP contribution >= 0.6 is 0 Å². The molecular formula is C20H21N3O4S. The number of benzene rings is 2. The summed E-state index contributed by atoms with van der Waals surface area (Å²) in [5.41, 5.74) is 3.49. The predicted molar refractivity (Wildman–Crippen MR) is 107 cm³/mol. The number of ether oxygens (including phenoxy) is 1. The molecule has 1 aromatic heterocycles. The van der Waals surface area contributed by atoms with Crippen LogP contribution in [-0.4, -0.2) is 40.0 Å². The van der Waals surface area contributed by atoms with E-state index in [4.69, 9.17) is 4.74 Å². The predicted octanol–water partition coefficient (Wildman–Crippen LogP) is 2.22. The largest absolute Gasteiger partial charge is 0.497 e. The van der Waals surface area contributed by atoms with E-state index in [1.807, 2.05) is 24.4 Å². The van der Waals surface area contributed by atoms with Crippen LogP contribution in [0.2, 0.25) is 0 Å². The summed E-state index contributed by atoms with van der Waals surface area (Å²) in [6.45, 7) is 0.266. The normalized spacial score (nSPS) is 13.9. The second kappa shape index (κ2) is 6.96. The summed E-state index contributed by atoms with van der Waals surface area (Å²) in [7, 11) is -0.345. The Bertz CT molecular complexity index is 1170. The SMILES string of the molecule is COc1ccc2[nH]cc(CCNS(=O)(=O)c3ccc4c(c3)CC(=O)N4C)c2c1. The van der Waals surface area contributed by atoms with Crippen LogP contribution in [0.5, 0.6) is 5.75 Å². The van der Waals surface area contributed by atoms with E-state index >= 15 is 0 Å². The van der Waals surface area contributed by atoms with Gasteiger partial charge in [-0.3, -0.25) is 4.79 Å². The molecule has 28 heavy (non-hydrogen) atoms. The van der Waals surface area contributed by atoms with Crippen molar-refractivity contribution in [3.8, 4) is 5.75 Å². The number of H-pyrrole nitrogens is 1. The number of methoxy groups -OCH3 is 1. The van der Waals surface area contributed by atoms with Crippen LogP contribution in [0.4, 0.5) is 5.69 Å². The zero-order valence-corrected chi connectivity index (χ0v) is 16.5. The van der Waals surface area contributed by atoms with Crippen LogP contribution in [0.3, 0.4) is 0 Å². The third-order valence-electron chi connectivity index (χ3n) is 5.10. The first kappa shape index (κ1) is 18.5. The number of fused-ring (bicyclic) bond motifs is 2. The zero-order valence-electron chi connectivity index (χ0n) is 15.7. The number of likely N-dealkylation sites (N-methyl/N-ethyl adjacent to an activating group) is 1. The maximum atomic E-state index is 12.7. The van der Waals surface area contributed by atoms with Gasteiger partial charge in [-0.15, -0.1) is 0 Å². The summed E-state index contributed by atoms with van der Waals surface area (Å²) >= 11 is 0. The topological polar surface area (TPSA) is 91.5 Å². The molecule has 2 N–H and O–H groups in total. The monoisotopic (exact) mass is 399 g/mol. The van der Waals surface area contributed by atoms with Gasteiger partial charge in [-0.05, 0) is 53.9 Å². The molecule has 0 saturated heterocycles. The molecule has 0 atom stereocenters. The number of aromatic amines is 1. The minimum absolute atomic E-state index is 0.0349. The highest BCUT2D eigenvalue weighted by atomic mass is 32.2. The lowest BCUT2D eigenvalue weighted by Gasteiger charge is -2.11. The summed E-state index contributed by atoms with van der Waals surface area (Å²) in [5.74, 6) is 0.721. The van der Waals surface area contributed by atoms with Crippen molar-refractivity contribution in [1.29, 1.82) is 0 Å². The van der Waals surface area contributed by atoms with E-state index in [2.05, 4.69) is 9.71 Å². The number of hydrogen-bond acceptors (Lipinski definition) is 4. The van der Waals surface area contributed by atoms with Crippen LogP contribution in [0, 0.1) is 0 Å². The van der Waals surface area contributed by atoms with Crippen molar-refractivity contribution >= 4 is 32.5 Å². The Morgan fingerprint density at radius 2 is 2.04 bits per heavy atom. The summed E-state index contributed by atoms with van der Waals surface area (Å²) in [6, 6.07) is 10.5. The molecule has 0 spiro atoms. The smallest absolute Gasteiger partial charge is 0.240 e. The van der Waals surface area contributed by atoms with E-state index in [-0.39, 0.29) is 23.8 Å². The average molecular weight is 399 g/mol. The van der Waals surface area contributed by atoms with Crippen LogP contribution in [-0.2, 0) is 27.7 Å². The molecule has 1 aliphatic rings. The third-order valence-corrected chi connectivity index (χ3v) is 6.56. The van der Waals surface area contributed by atoms with Gasteiger partial charge in [0.25, 0.3) is 0 Å². The molecule has 0 fully saturated rings. The number of anilines is 1. The quantitative estimate of drug-likeness (QED) is 0.665. The number of rotatable bonds is 6. The highest BCUT2D eigenvalue weighted by molar-refractivity contribution is 7.89. The lowest BCUT2D eigenvalue weighted by molar-refractivity contribution is -0.117. The van der Waals surface area contributed by atoms with Gasteiger partial charge in [-0.1, -0.05) is 0 Å². The Morgan fingerprint density at radius 3 is 2.82 bits per heavy atom. The van der Waals surface area contributed by atoms with E-state index in [9.17, 15) is 13.2 Å². The molecular weight excluding hydrogens is 378 g/mol. The van der Waals surface area contributed by atoms with Crippen LogP contribution in [0.15, 0.2) is 47.5 Å². The molecule has 0 aliphatic carbocycles. The fourth-order valence-corrected chi connectivity index (χ4v) is 4.59. The molecule has 8 heteroatoms. The van der Waals surface area contributed by atoms with E-state index in [1.165, 1.54) is 6.07 Å². The van der Waals surface area contributed by atoms with E-state index in [1.54, 1.807) is 31.2 Å². The van der Waals surface area contributed by atoms with Gasteiger partial charge in [0.1, 0.15) is 5.75 Å². The number of nitrogens with one attached hydrogen (secondary N) is 2. The Morgan fingerprint density at radius 1 is 1.21 bits per heavy atom. The van der Waals surface area contributed by atoms with Crippen molar-refractivity contribution in [1.82, 2.24) is 9.71 Å². The number of amides is 1. The molecule has 146 valence electrons. The van der Waals surface area contributed by atoms with Crippen molar-refractivity contribution < 1.29 is 17.9 Å². The van der Waals surface area contributed by atoms with Gasteiger partial charge in [0, 0.05) is 36.4 Å². The highest BCUT2D eigenvalue weighted by Crippen LogP contribution is 2.29. The summed E-state index contributed by atoms with van der Waals surface area (Å²) < 4.78 is 33.2. The molecule has 1 amide bonds. The van der Waals surface area contributed by atoms with E-state index in [0.717, 1.165) is 33.5 Å². The van der Waals surface area contributed by atoms with E-state index in [0.29, 0.717) is 6.42 Å². The minimum atomic E-state index is -3.65. The second-order valence-corrected chi connectivity index (χ2v) is 8.56. The molecule has 7 nitrogen and oxygen atoms in total. The van der Waals surface area contributed by atoms with Crippen LogP contribution < -0.4 is 14.4 Å². The van der Waals surface area contributed by atoms with Gasteiger partial charge in [0.15, 0.2) is 0 Å². The molecule has 4 rings (SSSR count). The Kier molecular flexibility index (Phi) is 4.60. The van der Waals surface area contributed by atoms with Gasteiger partial charge >= 0.3 is 0 Å². The van der Waals surface area contributed by atoms with Crippen molar-refractivity contribution in [3.05, 3.63) is 53.7 Å². The number of aromatic nitrogens is 1. The van der Waals surface area contributed by atoms with Crippen molar-refractivity contribution in [2.45, 2.75) is 17.7 Å². The molecule has 1 aliphatic heterocycles. The maximum absolute atomic E-state index is 12.7. The standard InChI is InChI=1S/C20H21N3O4S/c1-23-19-6-4-16(9-14(19)10-20(23)24)28(25,26)22-8-7-13-12-21-18-5-3-15(27-2)11-17(13)18/h3-6,9,11-12,21-22H,7-8,10H2,1-2H3. The van der Waals surface area contributed by atoms with E-state index < -0.39 is 10.0 Å². The minimum Gasteiger partial charge on any atom is -0.497 e. The molecule has 0 unspecified atom stereocenters. The third kappa shape index (κ3) is 3.25. The fourth-order valence-electron chi connectivity index (χ4n) is 3.51. The first-order chi connectivity index (χ1) is 13.4. The summed E-state index contributed by atoms with van der Waals surface area (Å²) in [6.07, 6.45) is 2.65. The Hall–Kier alpha value is -2.84. The molecule has 0 bridgehead atoms. The fraction of sp³-hybridized carbons (Fsp3) is 0.250. The maximum Gasteiger partial charge on any atom is 0.240 e. The number of hydrogen-bond donors (Lipinski definition) is 2. The lowest BCUT2D eigenvalue weighted by atomic mass is 10.1. The van der Waals surface area contributed by atoms with Gasteiger partial charge in [0.05, 0.1) is 18.4 Å². The van der Waals surface area contributed by atoms with Gasteiger partial charge in [0.2, 0.25) is 15.9 Å². The molecule has 0 saturated carbocycles. The number of nitrogens with zero attached hydrogens (tertiary/aromatic N) is 1. The van der Waals surface area contributed by atoms with Crippen molar-refractivity contribution in [2.24, 2.45) is 0 Å². The first-order valence-corrected chi connectivity index (χ1v) is 10.4.